The second-order valence-electron chi connectivity index (χ2n) is 7.96. The SMILES string of the molecule is CCC(=O)N1CCc2c(C(=O)NC3CCN(Cc4ccccc4)CC3)cccc21. The topological polar surface area (TPSA) is 52.7 Å². The lowest BCUT2D eigenvalue weighted by atomic mass is 10.0. The molecule has 2 aliphatic heterocycles. The molecule has 1 saturated heterocycles. The lowest BCUT2D eigenvalue weighted by molar-refractivity contribution is -0.118. The maximum atomic E-state index is 13.0. The Balaban J connectivity index is 1.35. The number of hydrogen-bond donors (Lipinski definition) is 1. The van der Waals surface area contributed by atoms with Crippen LogP contribution in [0.2, 0.25) is 0 Å². The van der Waals surface area contributed by atoms with Crippen LogP contribution >= 0.6 is 0 Å². The maximum Gasteiger partial charge on any atom is 0.251 e. The first-order valence-electron chi connectivity index (χ1n) is 10.6. The number of anilines is 1. The molecule has 2 aromatic carbocycles. The van der Waals surface area contributed by atoms with Crippen molar-refractivity contribution in [2.24, 2.45) is 0 Å². The van der Waals surface area contributed by atoms with Crippen molar-refractivity contribution >= 4 is 17.5 Å². The quantitative estimate of drug-likeness (QED) is 0.850. The van der Waals surface area contributed by atoms with Gasteiger partial charge >= 0.3 is 0 Å². The minimum absolute atomic E-state index is 0.00541. The summed E-state index contributed by atoms with van der Waals surface area (Å²) in [5.41, 5.74) is 3.97. The van der Waals surface area contributed by atoms with E-state index < -0.39 is 0 Å². The summed E-state index contributed by atoms with van der Waals surface area (Å²) in [5, 5.41) is 3.24. The van der Waals surface area contributed by atoms with Crippen molar-refractivity contribution in [2.45, 2.75) is 45.2 Å². The van der Waals surface area contributed by atoms with Crippen LogP contribution in [0.25, 0.3) is 0 Å². The Morgan fingerprint density at radius 3 is 2.48 bits per heavy atom. The molecule has 4 rings (SSSR count). The van der Waals surface area contributed by atoms with Gasteiger partial charge in [-0.1, -0.05) is 43.3 Å². The fourth-order valence-corrected chi connectivity index (χ4v) is 4.44. The second kappa shape index (κ2) is 8.78. The molecule has 0 spiro atoms. The Labute approximate surface area is 172 Å². The molecule has 1 fully saturated rings. The third-order valence-corrected chi connectivity index (χ3v) is 6.05. The summed E-state index contributed by atoms with van der Waals surface area (Å²) in [6, 6.07) is 16.5. The smallest absolute Gasteiger partial charge is 0.251 e. The number of carbonyl (C=O) groups is 2. The zero-order valence-corrected chi connectivity index (χ0v) is 17.1. The van der Waals surface area contributed by atoms with Crippen molar-refractivity contribution in [3.8, 4) is 0 Å². The van der Waals surface area contributed by atoms with E-state index in [-0.39, 0.29) is 17.9 Å². The Morgan fingerprint density at radius 2 is 1.76 bits per heavy atom. The molecule has 0 saturated carbocycles. The summed E-state index contributed by atoms with van der Waals surface area (Å²) < 4.78 is 0. The zero-order chi connectivity index (χ0) is 20.2. The first-order chi connectivity index (χ1) is 14.2. The number of nitrogens with one attached hydrogen (secondary N) is 1. The fourth-order valence-electron chi connectivity index (χ4n) is 4.44. The zero-order valence-electron chi connectivity index (χ0n) is 17.1. The van der Waals surface area contributed by atoms with Crippen molar-refractivity contribution < 1.29 is 9.59 Å². The maximum absolute atomic E-state index is 13.0. The molecule has 2 aliphatic rings. The van der Waals surface area contributed by atoms with Gasteiger partial charge in [0, 0.05) is 49.9 Å². The van der Waals surface area contributed by atoms with Gasteiger partial charge in [-0.3, -0.25) is 14.5 Å². The van der Waals surface area contributed by atoms with Crippen LogP contribution in [0.1, 0.15) is 47.7 Å². The van der Waals surface area contributed by atoms with Gasteiger partial charge in [0.25, 0.3) is 5.91 Å². The number of carbonyl (C=O) groups excluding carboxylic acids is 2. The van der Waals surface area contributed by atoms with Gasteiger partial charge in [0.15, 0.2) is 0 Å². The highest BCUT2D eigenvalue weighted by molar-refractivity contribution is 6.01. The van der Waals surface area contributed by atoms with Crippen LogP contribution in [0.3, 0.4) is 0 Å². The molecular weight excluding hydrogens is 362 g/mol. The summed E-state index contributed by atoms with van der Waals surface area (Å²) in [7, 11) is 0. The molecule has 0 bridgehead atoms. The van der Waals surface area contributed by atoms with Gasteiger partial charge in [-0.25, -0.2) is 0 Å². The molecule has 2 heterocycles. The van der Waals surface area contributed by atoms with E-state index in [4.69, 9.17) is 0 Å². The minimum atomic E-state index is -0.00541. The number of likely N-dealkylation sites (tertiary alicyclic amines) is 1. The van der Waals surface area contributed by atoms with E-state index in [0.717, 1.165) is 55.7 Å². The number of hydrogen-bond acceptors (Lipinski definition) is 3. The molecule has 0 aromatic heterocycles. The summed E-state index contributed by atoms with van der Waals surface area (Å²) in [6.45, 7) is 5.50. The molecule has 5 heteroatoms. The van der Waals surface area contributed by atoms with E-state index in [9.17, 15) is 9.59 Å². The van der Waals surface area contributed by atoms with Crippen molar-refractivity contribution in [1.82, 2.24) is 10.2 Å². The normalized spacial score (nSPS) is 17.2. The number of piperidine rings is 1. The summed E-state index contributed by atoms with van der Waals surface area (Å²) in [5.74, 6) is 0.112. The van der Waals surface area contributed by atoms with Crippen LogP contribution in [0.4, 0.5) is 5.69 Å². The second-order valence-corrected chi connectivity index (χ2v) is 7.96. The van der Waals surface area contributed by atoms with Crippen LogP contribution < -0.4 is 10.2 Å². The van der Waals surface area contributed by atoms with Gasteiger partial charge in [0.05, 0.1) is 0 Å². The van der Waals surface area contributed by atoms with Crippen molar-refractivity contribution in [3.63, 3.8) is 0 Å². The van der Waals surface area contributed by atoms with Crippen LogP contribution in [0.15, 0.2) is 48.5 Å². The first-order valence-corrected chi connectivity index (χ1v) is 10.6. The Hall–Kier alpha value is -2.66. The Kier molecular flexibility index (Phi) is 5.95. The molecule has 5 nitrogen and oxygen atoms in total. The highest BCUT2D eigenvalue weighted by atomic mass is 16.2. The average molecular weight is 392 g/mol. The van der Waals surface area contributed by atoms with Gasteiger partial charge in [-0.2, -0.15) is 0 Å². The monoisotopic (exact) mass is 391 g/mol. The van der Waals surface area contributed by atoms with Gasteiger partial charge in [-0.05, 0) is 42.5 Å². The third-order valence-electron chi connectivity index (χ3n) is 6.05. The standard InChI is InChI=1S/C24H29N3O2/c1-2-23(28)27-16-13-20-21(9-6-10-22(20)27)24(29)25-19-11-14-26(15-12-19)17-18-7-4-3-5-8-18/h3-10,19H,2,11-17H2,1H3,(H,25,29). The van der Waals surface area contributed by atoms with E-state index >= 15 is 0 Å². The van der Waals surface area contributed by atoms with Crippen LogP contribution in [0.5, 0.6) is 0 Å². The molecule has 0 aliphatic carbocycles. The van der Waals surface area contributed by atoms with E-state index in [1.807, 2.05) is 36.1 Å². The highest BCUT2D eigenvalue weighted by Crippen LogP contribution is 2.31. The van der Waals surface area contributed by atoms with E-state index in [0.29, 0.717) is 13.0 Å². The molecule has 152 valence electrons. The minimum Gasteiger partial charge on any atom is -0.349 e. The molecule has 0 radical (unpaired) electrons. The van der Waals surface area contributed by atoms with Gasteiger partial charge in [0.1, 0.15) is 0 Å². The number of benzene rings is 2. The molecule has 0 atom stereocenters. The van der Waals surface area contributed by atoms with Crippen LogP contribution in [0, 0.1) is 0 Å². The predicted molar refractivity (Wildman–Crippen MR) is 115 cm³/mol. The Bertz CT molecular complexity index is 873. The van der Waals surface area contributed by atoms with Crippen molar-refractivity contribution in [3.05, 3.63) is 65.2 Å². The van der Waals surface area contributed by atoms with Crippen molar-refractivity contribution in [1.29, 1.82) is 0 Å². The lowest BCUT2D eigenvalue weighted by Crippen LogP contribution is -2.44. The van der Waals surface area contributed by atoms with Gasteiger partial charge in [0.2, 0.25) is 5.91 Å². The number of fused-ring (bicyclic) bond motifs is 1. The summed E-state index contributed by atoms with van der Waals surface area (Å²) >= 11 is 0. The van der Waals surface area contributed by atoms with Crippen LogP contribution in [-0.2, 0) is 17.8 Å². The molecule has 0 unspecified atom stereocenters. The van der Waals surface area contributed by atoms with E-state index in [1.54, 1.807) is 0 Å². The van der Waals surface area contributed by atoms with E-state index in [1.165, 1.54) is 5.56 Å². The molecular formula is C24H29N3O2. The largest absolute Gasteiger partial charge is 0.349 e. The molecule has 1 N–H and O–H groups in total. The first kappa shape index (κ1) is 19.6. The molecule has 2 aromatic rings. The van der Waals surface area contributed by atoms with Crippen molar-refractivity contribution in [2.75, 3.05) is 24.5 Å². The number of rotatable bonds is 5. The average Bonchev–Trinajstić information content (AvgIpc) is 3.19. The summed E-state index contributed by atoms with van der Waals surface area (Å²) in [6.07, 6.45) is 3.17. The van der Waals surface area contributed by atoms with Gasteiger partial charge < -0.3 is 10.2 Å². The van der Waals surface area contributed by atoms with Gasteiger partial charge in [-0.15, -0.1) is 0 Å². The van der Waals surface area contributed by atoms with Crippen LogP contribution in [-0.4, -0.2) is 42.4 Å². The third kappa shape index (κ3) is 4.35. The number of nitrogens with zero attached hydrogens (tertiary/aromatic N) is 2. The molecule has 29 heavy (non-hydrogen) atoms. The van der Waals surface area contributed by atoms with E-state index in [2.05, 4.69) is 34.5 Å². The number of amides is 2. The molecule has 2 amide bonds. The Morgan fingerprint density at radius 1 is 1.00 bits per heavy atom. The summed E-state index contributed by atoms with van der Waals surface area (Å²) in [4.78, 5) is 29.4. The lowest BCUT2D eigenvalue weighted by Gasteiger charge is -2.32. The predicted octanol–water partition coefficient (Wildman–Crippen LogP) is 3.38. The highest BCUT2D eigenvalue weighted by Gasteiger charge is 2.28. The fraction of sp³-hybridized carbons (Fsp3) is 0.417.